The minimum Gasteiger partial charge on any atom is -0.324 e. The van der Waals surface area contributed by atoms with Crippen LogP contribution in [0.3, 0.4) is 0 Å². The van der Waals surface area contributed by atoms with E-state index in [4.69, 9.17) is 0 Å². The van der Waals surface area contributed by atoms with Gasteiger partial charge in [-0.1, -0.05) is 66.7 Å². The Labute approximate surface area is 268 Å². The highest BCUT2D eigenvalue weighted by molar-refractivity contribution is 8.00. The summed E-state index contributed by atoms with van der Waals surface area (Å²) in [6.45, 7) is -0.160. The van der Waals surface area contributed by atoms with E-state index in [2.05, 4.69) is 0 Å². The number of urea groups is 1. The highest BCUT2D eigenvalue weighted by atomic mass is 32.2. The Kier molecular flexibility index (Phi) is 9.41. The lowest BCUT2D eigenvalue weighted by atomic mass is 10.0. The standard InChI is InChI=1S/C33H32F2N4O4S2/c34-25-12-6-4-10-23(25)31-36(16-18-44-31)28(40)20-38-27(15-14-22-8-2-1-3-9-22)30(42)39(33(38)43)21-29(41)37-17-19-45-32(37)24-11-5-7-13-26(24)35/h1-13,27,31-32H,14-21H2/t27-,31+,32-/m0/s1. The second-order valence-electron chi connectivity index (χ2n) is 11.0. The van der Waals surface area contributed by atoms with Crippen molar-refractivity contribution in [2.45, 2.75) is 29.6 Å². The van der Waals surface area contributed by atoms with E-state index in [9.17, 15) is 28.0 Å². The molecule has 0 N–H and O–H groups in total. The molecule has 0 saturated carbocycles. The number of halogens is 2. The van der Waals surface area contributed by atoms with Crippen LogP contribution in [0.25, 0.3) is 0 Å². The second-order valence-corrected chi connectivity index (χ2v) is 13.4. The molecule has 3 aliphatic heterocycles. The molecule has 0 aliphatic carbocycles. The van der Waals surface area contributed by atoms with Crippen molar-refractivity contribution in [3.05, 3.63) is 107 Å². The van der Waals surface area contributed by atoms with Crippen LogP contribution in [0, 0.1) is 11.6 Å². The maximum Gasteiger partial charge on any atom is 0.328 e. The van der Waals surface area contributed by atoms with Crippen molar-refractivity contribution in [2.24, 2.45) is 0 Å². The van der Waals surface area contributed by atoms with Gasteiger partial charge < -0.3 is 14.7 Å². The number of rotatable bonds is 9. The number of thioether (sulfide) groups is 2. The highest BCUT2D eigenvalue weighted by Crippen LogP contribution is 2.40. The summed E-state index contributed by atoms with van der Waals surface area (Å²) in [4.78, 5) is 60.0. The Morgan fingerprint density at radius 3 is 1.78 bits per heavy atom. The van der Waals surface area contributed by atoms with Crippen molar-refractivity contribution >= 4 is 47.3 Å². The van der Waals surface area contributed by atoms with Crippen LogP contribution in [0.5, 0.6) is 0 Å². The summed E-state index contributed by atoms with van der Waals surface area (Å²) < 4.78 is 29.3. The third kappa shape index (κ3) is 6.44. The molecule has 3 aromatic rings. The molecule has 234 valence electrons. The van der Waals surface area contributed by atoms with Crippen molar-refractivity contribution in [3.8, 4) is 0 Å². The van der Waals surface area contributed by atoms with Gasteiger partial charge in [-0.2, -0.15) is 0 Å². The van der Waals surface area contributed by atoms with Gasteiger partial charge in [0.2, 0.25) is 11.8 Å². The lowest BCUT2D eigenvalue weighted by Crippen LogP contribution is -2.45. The fraction of sp³-hybridized carbons (Fsp3) is 0.333. The summed E-state index contributed by atoms with van der Waals surface area (Å²) in [5.41, 5.74) is 1.72. The molecule has 12 heteroatoms. The summed E-state index contributed by atoms with van der Waals surface area (Å²) in [5.74, 6) is -1.07. The number of carbonyl (C=O) groups is 4. The van der Waals surface area contributed by atoms with Gasteiger partial charge >= 0.3 is 6.03 Å². The quantitative estimate of drug-likeness (QED) is 0.301. The number of amides is 5. The second kappa shape index (κ2) is 13.6. The van der Waals surface area contributed by atoms with E-state index in [1.165, 1.54) is 45.5 Å². The van der Waals surface area contributed by atoms with Gasteiger partial charge in [0.05, 0.1) is 0 Å². The number of nitrogens with zero attached hydrogens (tertiary/aromatic N) is 4. The third-order valence-corrected chi connectivity index (χ3v) is 10.8. The SMILES string of the molecule is O=C1[C@H](CCc2ccccc2)N(CC(=O)N2CCS[C@@H]2c2ccccc2F)C(=O)N1CC(=O)N1CCS[C@H]1c1ccccc1F. The van der Waals surface area contributed by atoms with Gasteiger partial charge in [-0.25, -0.2) is 13.6 Å². The van der Waals surface area contributed by atoms with Crippen LogP contribution in [-0.4, -0.2) is 87.1 Å². The van der Waals surface area contributed by atoms with E-state index in [1.54, 1.807) is 41.3 Å². The van der Waals surface area contributed by atoms with Gasteiger partial charge in [0, 0.05) is 35.7 Å². The maximum absolute atomic E-state index is 14.7. The molecule has 3 heterocycles. The van der Waals surface area contributed by atoms with Gasteiger partial charge in [-0.15, -0.1) is 23.5 Å². The van der Waals surface area contributed by atoms with E-state index in [-0.39, 0.29) is 13.0 Å². The molecule has 0 bridgehead atoms. The summed E-state index contributed by atoms with van der Waals surface area (Å²) in [7, 11) is 0. The van der Waals surface area contributed by atoms with Crippen LogP contribution >= 0.6 is 23.5 Å². The average molecular weight is 651 g/mol. The zero-order valence-electron chi connectivity index (χ0n) is 24.4. The summed E-state index contributed by atoms with van der Waals surface area (Å²) in [6.07, 6.45) is 0.738. The van der Waals surface area contributed by atoms with Crippen LogP contribution in [0.1, 0.15) is 33.9 Å². The topological polar surface area (TPSA) is 81.2 Å². The fourth-order valence-corrected chi connectivity index (χ4v) is 8.62. The van der Waals surface area contributed by atoms with E-state index >= 15 is 0 Å². The average Bonchev–Trinajstić information content (AvgIpc) is 3.78. The number of imide groups is 1. The lowest BCUT2D eigenvalue weighted by molar-refractivity contribution is -0.138. The van der Waals surface area contributed by atoms with Gasteiger partial charge in [0.1, 0.15) is 41.5 Å². The predicted molar refractivity (Wildman–Crippen MR) is 169 cm³/mol. The molecule has 3 aliphatic rings. The molecule has 3 atom stereocenters. The first-order valence-electron chi connectivity index (χ1n) is 14.8. The van der Waals surface area contributed by atoms with Crippen LogP contribution in [0.2, 0.25) is 0 Å². The molecule has 3 fully saturated rings. The van der Waals surface area contributed by atoms with Gasteiger partial charge in [0.15, 0.2) is 0 Å². The van der Waals surface area contributed by atoms with Gasteiger partial charge in [-0.05, 0) is 30.5 Å². The lowest BCUT2D eigenvalue weighted by Gasteiger charge is -2.28. The number of benzene rings is 3. The van der Waals surface area contributed by atoms with Crippen LogP contribution in [0.15, 0.2) is 78.9 Å². The molecule has 0 unspecified atom stereocenters. The van der Waals surface area contributed by atoms with Crippen molar-refractivity contribution < 1.29 is 28.0 Å². The summed E-state index contributed by atoms with van der Waals surface area (Å²) in [6, 6.07) is 20.4. The predicted octanol–water partition coefficient (Wildman–Crippen LogP) is 5.08. The van der Waals surface area contributed by atoms with E-state index in [0.29, 0.717) is 42.1 Å². The highest BCUT2D eigenvalue weighted by Gasteiger charge is 2.48. The normalized spacial score (nSPS) is 21.7. The fourth-order valence-electron chi connectivity index (χ4n) is 6.03. The molecular formula is C33H32F2N4O4S2. The van der Waals surface area contributed by atoms with Crippen LogP contribution in [-0.2, 0) is 20.8 Å². The zero-order valence-corrected chi connectivity index (χ0v) is 26.0. The molecule has 6 rings (SSSR count). The Hall–Kier alpha value is -3.90. The largest absolute Gasteiger partial charge is 0.328 e. The Morgan fingerprint density at radius 2 is 1.22 bits per heavy atom. The smallest absolute Gasteiger partial charge is 0.324 e. The summed E-state index contributed by atoms with van der Waals surface area (Å²) >= 11 is 2.86. The molecule has 45 heavy (non-hydrogen) atoms. The van der Waals surface area contributed by atoms with E-state index in [1.807, 2.05) is 30.3 Å². The third-order valence-electron chi connectivity index (χ3n) is 8.32. The first-order valence-corrected chi connectivity index (χ1v) is 16.9. The molecule has 5 amide bonds. The molecule has 0 aromatic heterocycles. The molecular weight excluding hydrogens is 619 g/mol. The van der Waals surface area contributed by atoms with Crippen LogP contribution in [0.4, 0.5) is 13.6 Å². The molecule has 8 nitrogen and oxygen atoms in total. The van der Waals surface area contributed by atoms with Crippen molar-refractivity contribution in [1.82, 2.24) is 19.6 Å². The number of aryl methyl sites for hydroxylation is 1. The minimum absolute atomic E-state index is 0.259. The van der Waals surface area contributed by atoms with Gasteiger partial charge in [-0.3, -0.25) is 19.3 Å². The van der Waals surface area contributed by atoms with Crippen molar-refractivity contribution in [3.63, 3.8) is 0 Å². The van der Waals surface area contributed by atoms with Gasteiger partial charge in [0.25, 0.3) is 5.91 Å². The molecule has 3 saturated heterocycles. The number of hydrogen-bond acceptors (Lipinski definition) is 6. The number of carbonyl (C=O) groups excluding carboxylic acids is 4. The molecule has 0 spiro atoms. The van der Waals surface area contributed by atoms with E-state index in [0.717, 1.165) is 10.5 Å². The first-order chi connectivity index (χ1) is 21.8. The summed E-state index contributed by atoms with van der Waals surface area (Å²) in [5, 5.41) is -1.11. The minimum atomic E-state index is -0.952. The first kappa shape index (κ1) is 31.1. The Morgan fingerprint density at radius 1 is 0.711 bits per heavy atom. The molecule has 3 aromatic carbocycles. The Balaban J connectivity index is 1.21. The monoisotopic (exact) mass is 650 g/mol. The maximum atomic E-state index is 14.7. The van der Waals surface area contributed by atoms with Crippen LogP contribution < -0.4 is 0 Å². The van der Waals surface area contributed by atoms with Crippen molar-refractivity contribution in [1.29, 1.82) is 0 Å². The van der Waals surface area contributed by atoms with Crippen molar-refractivity contribution in [2.75, 3.05) is 37.7 Å². The molecule has 0 radical (unpaired) electrons. The number of hydrogen-bond donors (Lipinski definition) is 0. The zero-order chi connectivity index (χ0) is 31.5. The van der Waals surface area contributed by atoms with E-state index < -0.39 is 58.7 Å². The Bertz CT molecular complexity index is 1600.